The number of carbonyl (C=O) groups is 2. The van der Waals surface area contributed by atoms with Crippen molar-refractivity contribution in [1.82, 2.24) is 0 Å². The monoisotopic (exact) mass is 456 g/mol. The molecule has 6 heteroatoms. The van der Waals surface area contributed by atoms with Gasteiger partial charge in [0.15, 0.2) is 6.10 Å². The molecule has 34 heavy (non-hydrogen) atoms. The van der Waals surface area contributed by atoms with Crippen LogP contribution in [0.3, 0.4) is 0 Å². The molecular formula is C28H28N2O4. The summed E-state index contributed by atoms with van der Waals surface area (Å²) >= 11 is 0. The molecule has 1 aliphatic heterocycles. The van der Waals surface area contributed by atoms with Gasteiger partial charge in [-0.1, -0.05) is 42.0 Å². The Morgan fingerprint density at radius 2 is 1.85 bits per heavy atom. The van der Waals surface area contributed by atoms with Gasteiger partial charge in [-0.15, -0.1) is 0 Å². The number of hydrogen-bond acceptors (Lipinski definition) is 4. The fourth-order valence-corrected chi connectivity index (χ4v) is 3.71. The molecule has 0 aromatic heterocycles. The quantitative estimate of drug-likeness (QED) is 0.500. The summed E-state index contributed by atoms with van der Waals surface area (Å²) < 4.78 is 11.7. The fraction of sp³-hybridized carbons (Fsp3) is 0.214. The van der Waals surface area contributed by atoms with Gasteiger partial charge in [-0.25, -0.2) is 0 Å². The number of nitrogens with zero attached hydrogens (tertiary/aromatic N) is 1. The maximum Gasteiger partial charge on any atom is 0.267 e. The first-order valence-electron chi connectivity index (χ1n) is 11.3. The van der Waals surface area contributed by atoms with Crippen molar-refractivity contribution in [2.75, 3.05) is 23.4 Å². The summed E-state index contributed by atoms with van der Waals surface area (Å²) in [6.45, 7) is 6.48. The molecule has 4 rings (SSSR count). The molecule has 0 fully saturated rings. The van der Waals surface area contributed by atoms with Crippen molar-refractivity contribution in [3.05, 3.63) is 89.5 Å². The Morgan fingerprint density at radius 1 is 1.06 bits per heavy atom. The van der Waals surface area contributed by atoms with Gasteiger partial charge in [0.25, 0.3) is 5.91 Å². The van der Waals surface area contributed by atoms with Gasteiger partial charge in [-0.2, -0.15) is 0 Å². The molecule has 0 saturated heterocycles. The number of benzene rings is 3. The second kappa shape index (κ2) is 10.3. The number of aryl methyl sites for hydroxylation is 2. The third-order valence-corrected chi connectivity index (χ3v) is 5.51. The van der Waals surface area contributed by atoms with Crippen LogP contribution in [0.5, 0.6) is 11.5 Å². The van der Waals surface area contributed by atoms with Crippen molar-refractivity contribution >= 4 is 29.3 Å². The molecule has 0 spiro atoms. The molecular weight excluding hydrogens is 428 g/mol. The number of carbonyl (C=O) groups excluding carboxylic acids is 2. The van der Waals surface area contributed by atoms with Gasteiger partial charge in [-0.05, 0) is 62.2 Å². The van der Waals surface area contributed by atoms with E-state index in [0.717, 1.165) is 16.9 Å². The lowest BCUT2D eigenvalue weighted by Gasteiger charge is -2.33. The van der Waals surface area contributed by atoms with Crippen LogP contribution in [-0.2, 0) is 9.59 Å². The van der Waals surface area contributed by atoms with Crippen LogP contribution in [0.1, 0.15) is 23.6 Å². The second-order valence-corrected chi connectivity index (χ2v) is 8.33. The predicted molar refractivity (Wildman–Crippen MR) is 134 cm³/mol. The Morgan fingerprint density at radius 3 is 2.62 bits per heavy atom. The van der Waals surface area contributed by atoms with Crippen molar-refractivity contribution < 1.29 is 19.1 Å². The zero-order valence-electron chi connectivity index (χ0n) is 19.6. The molecule has 1 aliphatic rings. The van der Waals surface area contributed by atoms with Gasteiger partial charge in [0, 0.05) is 17.8 Å². The summed E-state index contributed by atoms with van der Waals surface area (Å²) in [6.07, 6.45) is 2.63. The number of rotatable bonds is 7. The van der Waals surface area contributed by atoms with E-state index in [9.17, 15) is 9.59 Å². The molecule has 0 bridgehead atoms. The number of ether oxygens (including phenoxy) is 2. The van der Waals surface area contributed by atoms with Gasteiger partial charge in [-0.3, -0.25) is 9.59 Å². The summed E-state index contributed by atoms with van der Waals surface area (Å²) in [5.74, 6) is 0.940. The highest BCUT2D eigenvalue weighted by atomic mass is 16.5. The lowest BCUT2D eigenvalue weighted by molar-refractivity contribution is -0.125. The first-order valence-corrected chi connectivity index (χ1v) is 11.3. The standard InChI is InChI=1S/C28H28N2O4/c1-19-7-9-22(10-8-19)11-14-27(31)29-23-12-13-25-26(18-23)34-21(3)28(32)30(25)15-16-33-24-6-4-5-20(2)17-24/h4-14,17-18,21H,15-16H2,1-3H3,(H,29,31)/b14-11+. The zero-order valence-corrected chi connectivity index (χ0v) is 19.6. The van der Waals surface area contributed by atoms with Crippen LogP contribution in [0.4, 0.5) is 11.4 Å². The summed E-state index contributed by atoms with van der Waals surface area (Å²) in [4.78, 5) is 26.8. The van der Waals surface area contributed by atoms with Crippen LogP contribution in [0.15, 0.2) is 72.8 Å². The third kappa shape index (κ3) is 5.64. The number of anilines is 2. The predicted octanol–water partition coefficient (Wildman–Crippen LogP) is 5.15. The summed E-state index contributed by atoms with van der Waals surface area (Å²) in [6, 6.07) is 21.0. The van der Waals surface area contributed by atoms with E-state index in [1.54, 1.807) is 36.1 Å². The SMILES string of the molecule is Cc1ccc(/C=C/C(=O)Nc2ccc3c(c2)OC(C)C(=O)N3CCOc2cccc(C)c2)cc1. The average molecular weight is 457 g/mol. The topological polar surface area (TPSA) is 67.9 Å². The van der Waals surface area contributed by atoms with Gasteiger partial charge < -0.3 is 19.7 Å². The normalized spacial score (nSPS) is 15.1. The molecule has 3 aromatic rings. The van der Waals surface area contributed by atoms with Crippen LogP contribution in [0.2, 0.25) is 0 Å². The van der Waals surface area contributed by atoms with Crippen LogP contribution in [0, 0.1) is 13.8 Å². The smallest absolute Gasteiger partial charge is 0.267 e. The van der Waals surface area contributed by atoms with Gasteiger partial charge in [0.05, 0.1) is 12.2 Å². The first-order chi connectivity index (χ1) is 16.4. The Kier molecular flexibility index (Phi) is 6.97. The largest absolute Gasteiger partial charge is 0.492 e. The summed E-state index contributed by atoms with van der Waals surface area (Å²) in [7, 11) is 0. The Hall–Kier alpha value is -4.06. The van der Waals surface area contributed by atoms with Crippen LogP contribution in [0.25, 0.3) is 6.08 Å². The summed E-state index contributed by atoms with van der Waals surface area (Å²) in [5, 5.41) is 2.85. The Bertz CT molecular complexity index is 1220. The van der Waals surface area contributed by atoms with Crippen molar-refractivity contribution in [1.29, 1.82) is 0 Å². The maximum absolute atomic E-state index is 12.8. The Balaban J connectivity index is 1.42. The van der Waals surface area contributed by atoms with E-state index >= 15 is 0 Å². The molecule has 0 aliphatic carbocycles. The highest BCUT2D eigenvalue weighted by molar-refractivity contribution is 6.03. The first kappa shape index (κ1) is 23.1. The summed E-state index contributed by atoms with van der Waals surface area (Å²) in [5.41, 5.74) is 4.48. The molecule has 3 aromatic carbocycles. The average Bonchev–Trinajstić information content (AvgIpc) is 2.81. The minimum atomic E-state index is -0.626. The van der Waals surface area contributed by atoms with Crippen molar-refractivity contribution in [3.8, 4) is 11.5 Å². The molecule has 2 amide bonds. The molecule has 1 heterocycles. The maximum atomic E-state index is 12.8. The van der Waals surface area contributed by atoms with E-state index in [0.29, 0.717) is 30.3 Å². The van der Waals surface area contributed by atoms with E-state index in [-0.39, 0.29) is 11.8 Å². The lowest BCUT2D eigenvalue weighted by Crippen LogP contribution is -2.46. The molecule has 1 atom stereocenters. The highest BCUT2D eigenvalue weighted by Crippen LogP contribution is 2.36. The minimum Gasteiger partial charge on any atom is -0.492 e. The molecule has 0 radical (unpaired) electrons. The van der Waals surface area contributed by atoms with E-state index in [4.69, 9.17) is 9.47 Å². The number of nitrogens with one attached hydrogen (secondary N) is 1. The van der Waals surface area contributed by atoms with Gasteiger partial charge in [0.2, 0.25) is 5.91 Å². The number of hydrogen-bond donors (Lipinski definition) is 1. The van der Waals surface area contributed by atoms with Crippen LogP contribution in [-0.4, -0.2) is 31.1 Å². The van der Waals surface area contributed by atoms with E-state index in [1.807, 2.05) is 62.4 Å². The van der Waals surface area contributed by atoms with Gasteiger partial charge >= 0.3 is 0 Å². The van der Waals surface area contributed by atoms with E-state index in [1.165, 1.54) is 11.6 Å². The van der Waals surface area contributed by atoms with Crippen LogP contribution < -0.4 is 19.7 Å². The minimum absolute atomic E-state index is 0.127. The number of amides is 2. The third-order valence-electron chi connectivity index (χ3n) is 5.51. The van der Waals surface area contributed by atoms with Gasteiger partial charge in [0.1, 0.15) is 18.1 Å². The van der Waals surface area contributed by atoms with Crippen molar-refractivity contribution in [3.63, 3.8) is 0 Å². The Labute approximate surface area is 199 Å². The van der Waals surface area contributed by atoms with Crippen molar-refractivity contribution in [2.45, 2.75) is 26.9 Å². The molecule has 1 unspecified atom stereocenters. The zero-order chi connectivity index (χ0) is 24.1. The molecule has 6 nitrogen and oxygen atoms in total. The molecule has 0 saturated carbocycles. The van der Waals surface area contributed by atoms with E-state index < -0.39 is 6.10 Å². The second-order valence-electron chi connectivity index (χ2n) is 8.33. The number of fused-ring (bicyclic) bond motifs is 1. The highest BCUT2D eigenvalue weighted by Gasteiger charge is 2.31. The fourth-order valence-electron chi connectivity index (χ4n) is 3.71. The lowest BCUT2D eigenvalue weighted by atomic mass is 10.1. The van der Waals surface area contributed by atoms with Crippen molar-refractivity contribution in [2.24, 2.45) is 0 Å². The van der Waals surface area contributed by atoms with E-state index in [2.05, 4.69) is 5.32 Å². The molecule has 174 valence electrons. The van der Waals surface area contributed by atoms with Crippen LogP contribution >= 0.6 is 0 Å². The molecule has 1 N–H and O–H groups in total.